The fraction of sp³-hybridized carbons (Fsp3) is 0.316. The molecule has 5 nitrogen and oxygen atoms in total. The molecule has 2 rings (SSSR count). The van der Waals surface area contributed by atoms with Crippen molar-refractivity contribution in [2.24, 2.45) is 0 Å². The van der Waals surface area contributed by atoms with Gasteiger partial charge < -0.3 is 19.1 Å². The van der Waals surface area contributed by atoms with Crippen molar-refractivity contribution in [3.63, 3.8) is 0 Å². The summed E-state index contributed by atoms with van der Waals surface area (Å²) in [4.78, 5) is 13.7. The molecule has 0 radical (unpaired) electrons. The molecule has 24 heavy (non-hydrogen) atoms. The van der Waals surface area contributed by atoms with Crippen molar-refractivity contribution < 1.29 is 19.0 Å². The minimum absolute atomic E-state index is 0.0404. The summed E-state index contributed by atoms with van der Waals surface area (Å²) < 4.78 is 16.4. The zero-order valence-corrected chi connectivity index (χ0v) is 14.3. The van der Waals surface area contributed by atoms with Crippen LogP contribution in [0, 0.1) is 6.92 Å². The second-order valence-corrected chi connectivity index (χ2v) is 5.37. The number of carbonyl (C=O) groups excluding carboxylic acids is 1. The number of hydrogen-bond acceptors (Lipinski definition) is 4. The van der Waals surface area contributed by atoms with Gasteiger partial charge in [0.25, 0.3) is 5.91 Å². The van der Waals surface area contributed by atoms with Gasteiger partial charge in [-0.05, 0) is 30.7 Å². The Morgan fingerprint density at radius 1 is 0.958 bits per heavy atom. The topological polar surface area (TPSA) is 48.0 Å². The number of hydrogen-bond donors (Lipinski definition) is 0. The van der Waals surface area contributed by atoms with E-state index in [2.05, 4.69) is 0 Å². The highest BCUT2D eigenvalue weighted by atomic mass is 16.5. The van der Waals surface area contributed by atoms with Crippen LogP contribution in [0.15, 0.2) is 48.5 Å². The Balaban J connectivity index is 1.77. The molecule has 0 saturated heterocycles. The lowest BCUT2D eigenvalue weighted by Crippen LogP contribution is -2.34. The summed E-state index contributed by atoms with van der Waals surface area (Å²) in [6, 6.07) is 15.1. The molecule has 1 amide bonds. The molecule has 2 aromatic carbocycles. The maximum atomic E-state index is 12.1. The number of para-hydroxylation sites is 3. The lowest BCUT2D eigenvalue weighted by Gasteiger charge is -2.18. The number of benzene rings is 2. The average molecular weight is 329 g/mol. The first-order valence-corrected chi connectivity index (χ1v) is 7.80. The number of ether oxygens (including phenoxy) is 3. The Bertz CT molecular complexity index is 672. The molecule has 0 bridgehead atoms. The number of amides is 1. The second-order valence-electron chi connectivity index (χ2n) is 5.37. The summed E-state index contributed by atoms with van der Waals surface area (Å²) in [6.07, 6.45) is 0. The van der Waals surface area contributed by atoms with Gasteiger partial charge in [-0.1, -0.05) is 30.3 Å². The van der Waals surface area contributed by atoms with Crippen LogP contribution in [0.1, 0.15) is 5.56 Å². The molecule has 0 aliphatic carbocycles. The van der Waals surface area contributed by atoms with E-state index in [1.807, 2.05) is 43.3 Å². The van der Waals surface area contributed by atoms with Gasteiger partial charge in [0.2, 0.25) is 0 Å². The first kappa shape index (κ1) is 17.7. The van der Waals surface area contributed by atoms with E-state index in [0.29, 0.717) is 24.7 Å². The van der Waals surface area contributed by atoms with Gasteiger partial charge in [0.15, 0.2) is 18.1 Å². The van der Waals surface area contributed by atoms with Gasteiger partial charge in [-0.3, -0.25) is 4.79 Å². The summed E-state index contributed by atoms with van der Waals surface area (Å²) in [5, 5.41) is 0. The molecule has 0 unspecified atom stereocenters. The molecule has 0 aromatic heterocycles. The van der Waals surface area contributed by atoms with Crippen LogP contribution in [-0.4, -0.2) is 44.7 Å². The molecule has 0 aliphatic rings. The van der Waals surface area contributed by atoms with Crippen molar-refractivity contribution in [3.05, 3.63) is 54.1 Å². The molecular weight excluding hydrogens is 306 g/mol. The molecule has 128 valence electrons. The highest BCUT2D eigenvalue weighted by molar-refractivity contribution is 5.77. The summed E-state index contributed by atoms with van der Waals surface area (Å²) in [5.41, 5.74) is 1.07. The Kier molecular flexibility index (Phi) is 6.49. The highest BCUT2D eigenvalue weighted by Crippen LogP contribution is 2.25. The van der Waals surface area contributed by atoms with Crippen LogP contribution in [0.4, 0.5) is 0 Å². The zero-order valence-electron chi connectivity index (χ0n) is 14.3. The first-order valence-electron chi connectivity index (χ1n) is 7.80. The van der Waals surface area contributed by atoms with E-state index >= 15 is 0 Å². The fourth-order valence-electron chi connectivity index (χ4n) is 2.12. The van der Waals surface area contributed by atoms with Crippen molar-refractivity contribution >= 4 is 5.91 Å². The molecule has 0 saturated carbocycles. The minimum Gasteiger partial charge on any atom is -0.493 e. The predicted molar refractivity (Wildman–Crippen MR) is 92.8 cm³/mol. The van der Waals surface area contributed by atoms with Crippen molar-refractivity contribution in [1.82, 2.24) is 4.90 Å². The molecule has 0 fully saturated rings. The number of methoxy groups -OCH3 is 1. The minimum atomic E-state index is -0.116. The largest absolute Gasteiger partial charge is 0.493 e. The molecule has 0 heterocycles. The highest BCUT2D eigenvalue weighted by Gasteiger charge is 2.11. The number of likely N-dealkylation sites (N-methyl/N-ethyl adjacent to an activating group) is 1. The van der Waals surface area contributed by atoms with Crippen LogP contribution < -0.4 is 14.2 Å². The lowest BCUT2D eigenvalue weighted by molar-refractivity contribution is -0.132. The lowest BCUT2D eigenvalue weighted by atomic mass is 10.2. The van der Waals surface area contributed by atoms with Crippen molar-refractivity contribution in [3.8, 4) is 17.2 Å². The van der Waals surface area contributed by atoms with Gasteiger partial charge in [-0.25, -0.2) is 0 Å². The molecule has 0 atom stereocenters. The van der Waals surface area contributed by atoms with Gasteiger partial charge >= 0.3 is 0 Å². The predicted octanol–water partition coefficient (Wildman–Crippen LogP) is 2.92. The third-order valence-corrected chi connectivity index (χ3v) is 3.62. The van der Waals surface area contributed by atoms with E-state index in [9.17, 15) is 4.79 Å². The third kappa shape index (κ3) is 4.91. The fourth-order valence-corrected chi connectivity index (χ4v) is 2.12. The summed E-state index contributed by atoms with van der Waals surface area (Å²) in [6.45, 7) is 2.87. The Morgan fingerprint density at radius 3 is 2.25 bits per heavy atom. The van der Waals surface area contributed by atoms with E-state index in [4.69, 9.17) is 14.2 Å². The normalized spacial score (nSPS) is 10.1. The molecular formula is C19H23NO4. The quantitative estimate of drug-likeness (QED) is 0.747. The molecule has 0 N–H and O–H groups in total. The van der Waals surface area contributed by atoms with E-state index < -0.39 is 0 Å². The molecule has 5 heteroatoms. The van der Waals surface area contributed by atoms with Gasteiger partial charge in [-0.2, -0.15) is 0 Å². The van der Waals surface area contributed by atoms with Crippen LogP contribution in [-0.2, 0) is 4.79 Å². The maximum Gasteiger partial charge on any atom is 0.260 e. The SMILES string of the molecule is COc1ccccc1OCC(=O)N(C)CCOc1ccccc1C. The zero-order chi connectivity index (χ0) is 17.4. The Hall–Kier alpha value is -2.69. The Morgan fingerprint density at radius 2 is 1.58 bits per heavy atom. The summed E-state index contributed by atoms with van der Waals surface area (Å²) in [5.74, 6) is 1.88. The smallest absolute Gasteiger partial charge is 0.260 e. The summed E-state index contributed by atoms with van der Waals surface area (Å²) in [7, 11) is 3.30. The Labute approximate surface area is 142 Å². The van der Waals surface area contributed by atoms with Crippen molar-refractivity contribution in [2.75, 3.05) is 33.9 Å². The molecule has 0 spiro atoms. The van der Waals surface area contributed by atoms with Gasteiger partial charge in [0, 0.05) is 7.05 Å². The average Bonchev–Trinajstić information content (AvgIpc) is 2.61. The van der Waals surface area contributed by atoms with Gasteiger partial charge in [0.1, 0.15) is 12.4 Å². The molecule has 2 aromatic rings. The third-order valence-electron chi connectivity index (χ3n) is 3.62. The van der Waals surface area contributed by atoms with Crippen LogP contribution >= 0.6 is 0 Å². The maximum absolute atomic E-state index is 12.1. The van der Waals surface area contributed by atoms with Crippen molar-refractivity contribution in [2.45, 2.75) is 6.92 Å². The second kappa shape index (κ2) is 8.82. The number of carbonyl (C=O) groups is 1. The van der Waals surface area contributed by atoms with Crippen LogP contribution in [0.5, 0.6) is 17.2 Å². The molecule has 0 aliphatic heterocycles. The standard InChI is InChI=1S/C19H23NO4/c1-15-8-4-5-9-16(15)23-13-12-20(2)19(21)14-24-18-11-7-6-10-17(18)22-3/h4-11H,12-14H2,1-3H3. The van der Waals surface area contributed by atoms with E-state index in [1.54, 1.807) is 31.2 Å². The van der Waals surface area contributed by atoms with E-state index in [1.165, 1.54) is 0 Å². The number of aryl methyl sites for hydroxylation is 1. The first-order chi connectivity index (χ1) is 11.6. The van der Waals surface area contributed by atoms with E-state index in [-0.39, 0.29) is 12.5 Å². The van der Waals surface area contributed by atoms with Crippen LogP contribution in [0.25, 0.3) is 0 Å². The van der Waals surface area contributed by atoms with Gasteiger partial charge in [-0.15, -0.1) is 0 Å². The van der Waals surface area contributed by atoms with Crippen molar-refractivity contribution in [1.29, 1.82) is 0 Å². The van der Waals surface area contributed by atoms with Crippen LogP contribution in [0.2, 0.25) is 0 Å². The number of rotatable bonds is 8. The van der Waals surface area contributed by atoms with Gasteiger partial charge in [0.05, 0.1) is 13.7 Å². The van der Waals surface area contributed by atoms with Crippen LogP contribution in [0.3, 0.4) is 0 Å². The summed E-state index contributed by atoms with van der Waals surface area (Å²) >= 11 is 0. The van der Waals surface area contributed by atoms with E-state index in [0.717, 1.165) is 11.3 Å². The monoisotopic (exact) mass is 329 g/mol. The number of nitrogens with zero attached hydrogens (tertiary/aromatic N) is 1.